The molecule has 0 heterocycles. The first-order valence-electron chi connectivity index (χ1n) is 3.79. The first-order chi connectivity index (χ1) is 4.81. The van der Waals surface area contributed by atoms with Gasteiger partial charge in [-0.3, -0.25) is 0 Å². The Morgan fingerprint density at radius 3 is 2.50 bits per heavy atom. The third-order valence-corrected chi connectivity index (χ3v) is 12.0. The number of hydrogen-bond donors (Lipinski definition) is 0. The molecule has 0 aliphatic heterocycles. The molecule has 0 aliphatic carbocycles. The SMILES string of the molecule is CCCCCCP(P)PP. The van der Waals surface area contributed by atoms with E-state index in [9.17, 15) is 0 Å². The van der Waals surface area contributed by atoms with E-state index < -0.39 is 0 Å². The highest BCUT2D eigenvalue weighted by atomic mass is 32.6. The molecule has 0 N–H and O–H groups in total. The number of unbranched alkanes of at least 4 members (excludes halogenated alkanes) is 3. The molecular weight excluding hydrogens is 196 g/mol. The highest BCUT2D eigenvalue weighted by Gasteiger charge is 1.96. The molecule has 10 heavy (non-hydrogen) atoms. The van der Waals surface area contributed by atoms with Crippen LogP contribution in [0.15, 0.2) is 0 Å². The molecule has 0 saturated heterocycles. The van der Waals surface area contributed by atoms with Crippen LogP contribution in [0.3, 0.4) is 0 Å². The van der Waals surface area contributed by atoms with E-state index >= 15 is 0 Å². The molecule has 0 radical (unpaired) electrons. The normalized spacial score (nSPS) is 14.7. The van der Waals surface area contributed by atoms with Crippen LogP contribution in [-0.4, -0.2) is 6.16 Å². The molecule has 0 aliphatic rings. The second-order valence-corrected chi connectivity index (χ2v) is 12.3. The van der Waals surface area contributed by atoms with E-state index in [2.05, 4.69) is 24.8 Å². The van der Waals surface area contributed by atoms with Crippen molar-refractivity contribution < 1.29 is 0 Å². The summed E-state index contributed by atoms with van der Waals surface area (Å²) in [7, 11) is 7.23. The van der Waals surface area contributed by atoms with Gasteiger partial charge in [0.25, 0.3) is 0 Å². The zero-order chi connectivity index (χ0) is 7.82. The lowest BCUT2D eigenvalue weighted by molar-refractivity contribution is 0.706. The van der Waals surface area contributed by atoms with E-state index in [0.29, 0.717) is 7.30 Å². The van der Waals surface area contributed by atoms with Crippen molar-refractivity contribution in [3.63, 3.8) is 0 Å². The van der Waals surface area contributed by atoms with Gasteiger partial charge >= 0.3 is 0 Å². The Morgan fingerprint density at radius 2 is 2.00 bits per heavy atom. The van der Waals surface area contributed by atoms with Gasteiger partial charge in [0.15, 0.2) is 0 Å². The minimum absolute atomic E-state index is 0.312. The fourth-order valence-corrected chi connectivity index (χ4v) is 4.04. The quantitative estimate of drug-likeness (QED) is 0.458. The van der Waals surface area contributed by atoms with Gasteiger partial charge in [0.2, 0.25) is 0 Å². The largest absolute Gasteiger partial charge is 0.110 e. The molecular formula is C6H18P4. The molecule has 4 atom stereocenters. The summed E-state index contributed by atoms with van der Waals surface area (Å²) in [5.41, 5.74) is 0. The molecule has 62 valence electrons. The summed E-state index contributed by atoms with van der Waals surface area (Å²) in [5.74, 6) is 0. The van der Waals surface area contributed by atoms with E-state index in [1.54, 1.807) is 0 Å². The fourth-order valence-electron chi connectivity index (χ4n) is 0.773. The van der Waals surface area contributed by atoms with Crippen LogP contribution in [-0.2, 0) is 0 Å². The van der Waals surface area contributed by atoms with Crippen molar-refractivity contribution in [1.29, 1.82) is 0 Å². The molecule has 0 rings (SSSR count). The lowest BCUT2D eigenvalue weighted by Gasteiger charge is -2.06. The maximum atomic E-state index is 2.98. The molecule has 0 aromatic heterocycles. The second-order valence-electron chi connectivity index (χ2n) is 2.38. The number of rotatable bonds is 6. The standard InChI is InChI=1S/C6H18P4/c1-2-3-4-5-6-10(8)9-7/h9H,2-8H2,1H3. The Kier molecular flexibility index (Phi) is 10.3. The first-order valence-corrected chi connectivity index (χ1v) is 10.6. The molecule has 0 bridgehead atoms. The summed E-state index contributed by atoms with van der Waals surface area (Å²) in [6, 6.07) is 0. The van der Waals surface area contributed by atoms with Gasteiger partial charge in [0.05, 0.1) is 0 Å². The van der Waals surface area contributed by atoms with Gasteiger partial charge in [-0.2, -0.15) is 0 Å². The fraction of sp³-hybridized carbons (Fsp3) is 1.00. The minimum Gasteiger partial charge on any atom is -0.110 e. The van der Waals surface area contributed by atoms with Crippen LogP contribution in [0.1, 0.15) is 32.6 Å². The molecule has 0 aromatic rings. The van der Waals surface area contributed by atoms with Crippen LogP contribution < -0.4 is 0 Å². The lowest BCUT2D eigenvalue weighted by atomic mass is 10.2. The minimum atomic E-state index is 0.312. The lowest BCUT2D eigenvalue weighted by Crippen LogP contribution is -1.77. The average Bonchev–Trinajstić information content (AvgIpc) is 1.98. The summed E-state index contributed by atoms with van der Waals surface area (Å²) in [4.78, 5) is 0. The Balaban J connectivity index is 2.89. The van der Waals surface area contributed by atoms with Crippen LogP contribution in [0.4, 0.5) is 0 Å². The maximum Gasteiger partial charge on any atom is -0.0252 e. The van der Waals surface area contributed by atoms with Crippen molar-refractivity contribution in [1.82, 2.24) is 0 Å². The number of hydrogen-bond acceptors (Lipinski definition) is 0. The smallest absolute Gasteiger partial charge is 0.0252 e. The van der Waals surface area contributed by atoms with Crippen LogP contribution in [0.25, 0.3) is 0 Å². The van der Waals surface area contributed by atoms with Crippen LogP contribution in [0.2, 0.25) is 0 Å². The van der Waals surface area contributed by atoms with Crippen molar-refractivity contribution in [2.24, 2.45) is 0 Å². The van der Waals surface area contributed by atoms with Crippen molar-refractivity contribution in [3.05, 3.63) is 0 Å². The van der Waals surface area contributed by atoms with E-state index in [1.807, 2.05) is 0 Å². The predicted octanol–water partition coefficient (Wildman–Crippen LogP) is 4.22. The van der Waals surface area contributed by atoms with Crippen molar-refractivity contribution in [3.8, 4) is 0 Å². The molecule has 0 amide bonds. The summed E-state index contributed by atoms with van der Waals surface area (Å²) < 4.78 is 0. The van der Waals surface area contributed by atoms with E-state index in [4.69, 9.17) is 0 Å². The van der Waals surface area contributed by atoms with Gasteiger partial charge in [-0.1, -0.05) is 41.4 Å². The first kappa shape index (κ1) is 11.7. The topological polar surface area (TPSA) is 0 Å². The van der Waals surface area contributed by atoms with Crippen molar-refractivity contribution in [2.75, 3.05) is 6.16 Å². The highest BCUT2D eigenvalue weighted by Crippen LogP contribution is 2.66. The van der Waals surface area contributed by atoms with E-state index in [1.165, 1.54) is 31.8 Å². The van der Waals surface area contributed by atoms with Gasteiger partial charge in [-0.05, 0) is 12.6 Å². The Bertz CT molecular complexity index is 66.8. The average molecular weight is 214 g/mol. The van der Waals surface area contributed by atoms with Crippen molar-refractivity contribution in [2.45, 2.75) is 32.6 Å². The second kappa shape index (κ2) is 8.81. The summed E-state index contributed by atoms with van der Waals surface area (Å²) in [6.07, 6.45) is 7.14. The maximum absolute atomic E-state index is 2.98. The van der Waals surface area contributed by atoms with Crippen molar-refractivity contribution >= 4 is 33.1 Å². The Hall–Kier alpha value is 1.72. The predicted molar refractivity (Wildman–Crippen MR) is 63.7 cm³/mol. The Labute approximate surface area is 72.3 Å². The summed E-state index contributed by atoms with van der Waals surface area (Å²) >= 11 is 0. The molecule has 0 nitrogen and oxygen atoms in total. The van der Waals surface area contributed by atoms with Gasteiger partial charge in [0, 0.05) is 0 Å². The highest BCUT2D eigenvalue weighted by molar-refractivity contribution is 8.61. The molecule has 4 heteroatoms. The van der Waals surface area contributed by atoms with Gasteiger partial charge in [-0.25, -0.2) is 0 Å². The molecule has 0 aromatic carbocycles. The third kappa shape index (κ3) is 7.82. The molecule has 0 spiro atoms. The van der Waals surface area contributed by atoms with Crippen LogP contribution in [0.5, 0.6) is 0 Å². The zero-order valence-electron chi connectivity index (χ0n) is 6.64. The molecule has 4 unspecified atom stereocenters. The van der Waals surface area contributed by atoms with Gasteiger partial charge in [-0.15, -0.1) is 17.9 Å². The summed E-state index contributed by atoms with van der Waals surface area (Å²) in [5, 5.41) is 0. The van der Waals surface area contributed by atoms with Crippen LogP contribution in [0, 0.1) is 0 Å². The molecule has 0 saturated carbocycles. The van der Waals surface area contributed by atoms with Gasteiger partial charge in [0.1, 0.15) is 0 Å². The van der Waals surface area contributed by atoms with E-state index in [-0.39, 0.29) is 0 Å². The van der Waals surface area contributed by atoms with Gasteiger partial charge < -0.3 is 0 Å². The van der Waals surface area contributed by atoms with Crippen LogP contribution >= 0.6 is 33.1 Å². The third-order valence-electron chi connectivity index (χ3n) is 1.42. The zero-order valence-corrected chi connectivity index (χ0v) is 10.8. The van der Waals surface area contributed by atoms with E-state index in [0.717, 1.165) is 7.96 Å². The monoisotopic (exact) mass is 214 g/mol. The molecule has 0 fully saturated rings. The summed E-state index contributed by atoms with van der Waals surface area (Å²) in [6.45, 7) is 2.26. The Morgan fingerprint density at radius 1 is 1.30 bits per heavy atom.